The van der Waals surface area contributed by atoms with Crippen molar-refractivity contribution < 1.29 is 29.0 Å². The van der Waals surface area contributed by atoms with Crippen molar-refractivity contribution in [2.45, 2.75) is 77.5 Å². The van der Waals surface area contributed by atoms with Gasteiger partial charge in [0, 0.05) is 19.4 Å². The van der Waals surface area contributed by atoms with E-state index in [1.54, 1.807) is 20.8 Å². The average molecular weight is 436 g/mol. The second-order valence-electron chi connectivity index (χ2n) is 8.34. The molecule has 1 aromatic carbocycles. The van der Waals surface area contributed by atoms with Crippen molar-refractivity contribution in [2.24, 2.45) is 5.73 Å². The number of amides is 3. The number of carbonyl (C=O) groups excluding carboxylic acids is 3. The van der Waals surface area contributed by atoms with Crippen molar-refractivity contribution in [3.8, 4) is 0 Å². The Balaban J connectivity index is 2.65. The van der Waals surface area contributed by atoms with Crippen molar-refractivity contribution in [3.05, 3.63) is 35.4 Å². The molecule has 0 saturated heterocycles. The summed E-state index contributed by atoms with van der Waals surface area (Å²) < 4.78 is 5.18. The molecule has 0 aliphatic rings. The molecule has 9 heteroatoms. The molecule has 0 aromatic heterocycles. The van der Waals surface area contributed by atoms with Gasteiger partial charge in [-0.15, -0.1) is 0 Å². The molecule has 31 heavy (non-hydrogen) atoms. The van der Waals surface area contributed by atoms with Gasteiger partial charge >= 0.3 is 12.1 Å². The number of nitrogens with two attached hydrogens (primary N) is 1. The van der Waals surface area contributed by atoms with E-state index >= 15 is 0 Å². The molecule has 0 aliphatic carbocycles. The standard InChI is InChI=1S/C22H33N3O6/c1-22(2,3)31-21(30)25-17(11-12-18(23)26)20(29)24-14-16-9-6-8-15(13-16)7-4-5-10-19(27)28/h6,8-9,13,17H,4-5,7,10-12,14H2,1-3H3,(H2,23,26)(H,24,29)(H,25,30)(H,27,28)/t17-/m0/s1. The maximum absolute atomic E-state index is 12.6. The summed E-state index contributed by atoms with van der Waals surface area (Å²) in [4.78, 5) is 46.3. The highest BCUT2D eigenvalue weighted by Gasteiger charge is 2.24. The second-order valence-corrected chi connectivity index (χ2v) is 8.34. The predicted octanol–water partition coefficient (Wildman–Crippen LogP) is 2.26. The molecule has 0 unspecified atom stereocenters. The van der Waals surface area contributed by atoms with Crippen molar-refractivity contribution in [3.63, 3.8) is 0 Å². The van der Waals surface area contributed by atoms with Gasteiger partial charge < -0.3 is 26.2 Å². The number of aryl methyl sites for hydroxylation is 1. The lowest BCUT2D eigenvalue weighted by molar-refractivity contribution is -0.137. The summed E-state index contributed by atoms with van der Waals surface area (Å²) >= 11 is 0. The van der Waals surface area contributed by atoms with E-state index in [2.05, 4.69) is 10.6 Å². The minimum atomic E-state index is -0.957. The van der Waals surface area contributed by atoms with Crippen LogP contribution in [0, 0.1) is 0 Å². The average Bonchev–Trinajstić information content (AvgIpc) is 2.65. The van der Waals surface area contributed by atoms with Crippen LogP contribution >= 0.6 is 0 Å². The number of hydrogen-bond acceptors (Lipinski definition) is 5. The number of unbranched alkanes of at least 4 members (excludes halogenated alkanes) is 1. The third kappa shape index (κ3) is 12.2. The fraction of sp³-hybridized carbons (Fsp3) is 0.545. The Bertz CT molecular complexity index is 773. The van der Waals surface area contributed by atoms with Crippen molar-refractivity contribution in [2.75, 3.05) is 0 Å². The van der Waals surface area contributed by atoms with Crippen LogP contribution in [0.2, 0.25) is 0 Å². The number of carboxylic acids is 1. The number of rotatable bonds is 12. The Morgan fingerprint density at radius 2 is 1.77 bits per heavy atom. The molecule has 3 amide bonds. The highest BCUT2D eigenvalue weighted by molar-refractivity contribution is 5.86. The van der Waals surface area contributed by atoms with Crippen LogP contribution < -0.4 is 16.4 Å². The van der Waals surface area contributed by atoms with Gasteiger partial charge in [0.15, 0.2) is 0 Å². The molecule has 9 nitrogen and oxygen atoms in total. The number of primary amides is 1. The van der Waals surface area contributed by atoms with Gasteiger partial charge in [-0.3, -0.25) is 14.4 Å². The molecule has 0 saturated carbocycles. The zero-order valence-electron chi connectivity index (χ0n) is 18.4. The molecule has 1 rings (SSSR count). The zero-order valence-corrected chi connectivity index (χ0v) is 18.4. The van der Waals surface area contributed by atoms with Crippen LogP contribution in [-0.2, 0) is 32.1 Å². The predicted molar refractivity (Wildman–Crippen MR) is 115 cm³/mol. The number of carbonyl (C=O) groups is 4. The van der Waals surface area contributed by atoms with E-state index in [1.807, 2.05) is 24.3 Å². The van der Waals surface area contributed by atoms with Crippen LogP contribution in [0.15, 0.2) is 24.3 Å². The summed E-state index contributed by atoms with van der Waals surface area (Å²) in [6, 6.07) is 6.67. The van der Waals surface area contributed by atoms with Gasteiger partial charge in [-0.05, 0) is 57.6 Å². The quantitative estimate of drug-likeness (QED) is 0.370. The molecule has 0 spiro atoms. The molecule has 1 atom stereocenters. The van der Waals surface area contributed by atoms with Crippen LogP contribution in [0.5, 0.6) is 0 Å². The third-order valence-corrected chi connectivity index (χ3v) is 4.25. The normalized spacial score (nSPS) is 12.0. The fourth-order valence-corrected chi connectivity index (χ4v) is 2.82. The van der Waals surface area contributed by atoms with E-state index in [9.17, 15) is 19.2 Å². The first-order valence-corrected chi connectivity index (χ1v) is 10.3. The molecule has 0 bridgehead atoms. The lowest BCUT2D eigenvalue weighted by atomic mass is 10.0. The molecule has 172 valence electrons. The molecule has 5 N–H and O–H groups in total. The lowest BCUT2D eigenvalue weighted by Crippen LogP contribution is -2.48. The monoisotopic (exact) mass is 435 g/mol. The molecule has 0 heterocycles. The number of nitrogens with one attached hydrogen (secondary N) is 2. The Hall–Kier alpha value is -3.10. The molecule has 1 aromatic rings. The smallest absolute Gasteiger partial charge is 0.408 e. The minimum absolute atomic E-state index is 0.0558. The Labute approximate surface area is 182 Å². The topological polar surface area (TPSA) is 148 Å². The number of aliphatic carboxylic acids is 1. The molecular formula is C22H33N3O6. The maximum Gasteiger partial charge on any atom is 0.408 e. The number of alkyl carbamates (subject to hydrolysis) is 1. The van der Waals surface area contributed by atoms with Crippen LogP contribution in [0.3, 0.4) is 0 Å². The summed E-state index contributed by atoms with van der Waals surface area (Å²) in [5.74, 6) is -1.82. The maximum atomic E-state index is 12.6. The van der Waals surface area contributed by atoms with Crippen LogP contribution in [0.4, 0.5) is 4.79 Å². The van der Waals surface area contributed by atoms with E-state index in [1.165, 1.54) is 0 Å². The van der Waals surface area contributed by atoms with Crippen molar-refractivity contribution in [1.82, 2.24) is 10.6 Å². The minimum Gasteiger partial charge on any atom is -0.481 e. The van der Waals surface area contributed by atoms with Gasteiger partial charge in [0.2, 0.25) is 11.8 Å². The summed E-state index contributed by atoms with van der Waals surface area (Å²) in [6.45, 7) is 5.37. The van der Waals surface area contributed by atoms with E-state index < -0.39 is 35.5 Å². The zero-order chi connectivity index (χ0) is 23.4. The first-order valence-electron chi connectivity index (χ1n) is 10.3. The van der Waals surface area contributed by atoms with Gasteiger partial charge in [0.25, 0.3) is 0 Å². The van der Waals surface area contributed by atoms with Gasteiger partial charge in [0.05, 0.1) is 0 Å². The Morgan fingerprint density at radius 1 is 1.10 bits per heavy atom. The van der Waals surface area contributed by atoms with Gasteiger partial charge in [0.1, 0.15) is 11.6 Å². The highest BCUT2D eigenvalue weighted by Crippen LogP contribution is 2.11. The van der Waals surface area contributed by atoms with Crippen molar-refractivity contribution >= 4 is 23.9 Å². The number of ether oxygens (including phenoxy) is 1. The molecular weight excluding hydrogens is 402 g/mol. The van der Waals surface area contributed by atoms with Crippen LogP contribution in [-0.4, -0.2) is 40.6 Å². The van der Waals surface area contributed by atoms with Crippen LogP contribution in [0.25, 0.3) is 0 Å². The van der Waals surface area contributed by atoms with Gasteiger partial charge in [-0.1, -0.05) is 24.3 Å². The van der Waals surface area contributed by atoms with Crippen LogP contribution in [0.1, 0.15) is 64.0 Å². The number of benzene rings is 1. The largest absolute Gasteiger partial charge is 0.481 e. The molecule has 0 fully saturated rings. The van der Waals surface area contributed by atoms with Crippen molar-refractivity contribution in [1.29, 1.82) is 0 Å². The molecule has 0 aliphatic heterocycles. The van der Waals surface area contributed by atoms with E-state index in [0.717, 1.165) is 24.0 Å². The first-order chi connectivity index (χ1) is 14.5. The SMILES string of the molecule is CC(C)(C)OC(=O)N[C@@H](CCC(N)=O)C(=O)NCc1cccc(CCCCC(=O)O)c1. The second kappa shape index (κ2) is 12.6. The summed E-state index contributed by atoms with van der Waals surface area (Å²) in [5.41, 5.74) is 6.37. The number of hydrogen-bond donors (Lipinski definition) is 4. The lowest BCUT2D eigenvalue weighted by Gasteiger charge is -2.23. The summed E-state index contributed by atoms with van der Waals surface area (Å²) in [7, 11) is 0. The van der Waals surface area contributed by atoms with Gasteiger partial charge in [-0.25, -0.2) is 4.79 Å². The Kier molecular flexibility index (Phi) is 10.5. The molecule has 0 radical (unpaired) electrons. The summed E-state index contributed by atoms with van der Waals surface area (Å²) in [6.07, 6.45) is 1.51. The third-order valence-electron chi connectivity index (χ3n) is 4.25. The number of carboxylic acid groups (broad SMARTS) is 1. The fourth-order valence-electron chi connectivity index (χ4n) is 2.82. The van der Waals surface area contributed by atoms with E-state index in [-0.39, 0.29) is 25.8 Å². The summed E-state index contributed by atoms with van der Waals surface area (Å²) in [5, 5.41) is 14.0. The van der Waals surface area contributed by atoms with E-state index in [4.69, 9.17) is 15.6 Å². The van der Waals surface area contributed by atoms with Gasteiger partial charge in [-0.2, -0.15) is 0 Å². The first kappa shape index (κ1) is 25.9. The van der Waals surface area contributed by atoms with E-state index in [0.29, 0.717) is 6.42 Å². The Morgan fingerprint density at radius 3 is 2.39 bits per heavy atom. The highest BCUT2D eigenvalue weighted by atomic mass is 16.6.